The van der Waals surface area contributed by atoms with E-state index in [9.17, 15) is 18.4 Å². The molecule has 2 amide bonds. The molecule has 0 fully saturated rings. The van der Waals surface area contributed by atoms with Gasteiger partial charge < -0.3 is 4.90 Å². The molecule has 0 spiro atoms. The van der Waals surface area contributed by atoms with E-state index >= 15 is 0 Å². The van der Waals surface area contributed by atoms with Crippen LogP contribution in [0.2, 0.25) is 0 Å². The minimum absolute atomic E-state index is 0.0494. The van der Waals surface area contributed by atoms with Gasteiger partial charge in [0.1, 0.15) is 17.2 Å². The van der Waals surface area contributed by atoms with E-state index in [0.29, 0.717) is 4.34 Å². The number of carbonyl (C=O) groups is 2. The number of hydrogen-bond acceptors (Lipinski definition) is 6. The van der Waals surface area contributed by atoms with E-state index in [-0.39, 0.29) is 22.8 Å². The number of anilines is 2. The first-order valence-electron chi connectivity index (χ1n) is 9.05. The lowest BCUT2D eigenvalue weighted by Gasteiger charge is -2.22. The van der Waals surface area contributed by atoms with Gasteiger partial charge in [-0.1, -0.05) is 47.4 Å². The van der Waals surface area contributed by atoms with Crippen LogP contribution < -0.4 is 10.2 Å². The van der Waals surface area contributed by atoms with Crippen LogP contribution in [0, 0.1) is 11.6 Å². The lowest BCUT2D eigenvalue weighted by Crippen LogP contribution is -2.36. The maximum atomic E-state index is 13.7. The monoisotopic (exact) mass is 446 g/mol. The van der Waals surface area contributed by atoms with Gasteiger partial charge in [0.15, 0.2) is 4.34 Å². The predicted molar refractivity (Wildman–Crippen MR) is 112 cm³/mol. The second-order valence-corrected chi connectivity index (χ2v) is 8.86. The summed E-state index contributed by atoms with van der Waals surface area (Å²) in [6, 6.07) is 11.1. The number of fused-ring (bicyclic) bond motifs is 1. The highest BCUT2D eigenvalue weighted by Crippen LogP contribution is 2.33. The van der Waals surface area contributed by atoms with Gasteiger partial charge in [0.05, 0.1) is 5.75 Å². The van der Waals surface area contributed by atoms with E-state index in [4.69, 9.17) is 0 Å². The van der Waals surface area contributed by atoms with Crippen molar-refractivity contribution in [2.24, 2.45) is 0 Å². The number of rotatable bonds is 5. The highest BCUT2D eigenvalue weighted by atomic mass is 32.2. The molecule has 4 rings (SSSR count). The van der Waals surface area contributed by atoms with Crippen molar-refractivity contribution in [2.75, 3.05) is 16.0 Å². The molecular weight excluding hydrogens is 430 g/mol. The number of aromatic nitrogens is 2. The van der Waals surface area contributed by atoms with Gasteiger partial charge in [0.25, 0.3) is 5.91 Å². The van der Waals surface area contributed by atoms with Crippen LogP contribution in [-0.2, 0) is 11.2 Å². The number of benzene rings is 2. The van der Waals surface area contributed by atoms with Crippen LogP contribution in [0.3, 0.4) is 0 Å². The number of nitrogens with zero attached hydrogens (tertiary/aromatic N) is 3. The molecular formula is C20H16F2N4O2S2. The molecule has 3 aromatic rings. The Bertz CT molecular complexity index is 1100. The average molecular weight is 447 g/mol. The summed E-state index contributed by atoms with van der Waals surface area (Å²) in [6.45, 7) is 2.00. The molecule has 1 aromatic heterocycles. The second kappa shape index (κ2) is 8.49. The fourth-order valence-corrected chi connectivity index (χ4v) is 4.94. The number of amides is 2. The number of hydrogen-bond donors (Lipinski definition) is 1. The molecule has 6 nitrogen and oxygen atoms in total. The Hall–Kier alpha value is -2.85. The highest BCUT2D eigenvalue weighted by molar-refractivity contribution is 8.01. The third-order valence-corrected chi connectivity index (χ3v) is 6.57. The SMILES string of the molecule is C[C@@H]1Cc2ccccc2N1C(=O)CSc1nnc(NC(=O)c2c(F)cccc2F)s1. The molecule has 0 saturated carbocycles. The third kappa shape index (κ3) is 4.05. The lowest BCUT2D eigenvalue weighted by molar-refractivity contribution is -0.116. The van der Waals surface area contributed by atoms with E-state index in [1.54, 1.807) is 4.90 Å². The van der Waals surface area contributed by atoms with Crippen molar-refractivity contribution in [3.63, 3.8) is 0 Å². The van der Waals surface area contributed by atoms with Crippen LogP contribution in [-0.4, -0.2) is 33.8 Å². The van der Waals surface area contributed by atoms with Crippen LogP contribution in [0.4, 0.5) is 19.6 Å². The molecule has 30 heavy (non-hydrogen) atoms. The van der Waals surface area contributed by atoms with Gasteiger partial charge in [-0.05, 0) is 37.1 Å². The summed E-state index contributed by atoms with van der Waals surface area (Å²) in [6.07, 6.45) is 0.814. The molecule has 2 aromatic carbocycles. The average Bonchev–Trinajstić information content (AvgIpc) is 3.29. The molecule has 1 atom stereocenters. The van der Waals surface area contributed by atoms with E-state index < -0.39 is 23.1 Å². The van der Waals surface area contributed by atoms with Gasteiger partial charge in [-0.3, -0.25) is 14.9 Å². The zero-order valence-corrected chi connectivity index (χ0v) is 17.4. The maximum absolute atomic E-state index is 13.7. The van der Waals surface area contributed by atoms with E-state index in [0.717, 1.165) is 41.1 Å². The zero-order valence-electron chi connectivity index (χ0n) is 15.8. The summed E-state index contributed by atoms with van der Waals surface area (Å²) < 4.78 is 27.9. The molecule has 0 bridgehead atoms. The normalized spacial score (nSPS) is 15.2. The van der Waals surface area contributed by atoms with Gasteiger partial charge in [0.2, 0.25) is 11.0 Å². The summed E-state index contributed by atoms with van der Waals surface area (Å²) in [5.41, 5.74) is 1.39. The largest absolute Gasteiger partial charge is 0.308 e. The summed E-state index contributed by atoms with van der Waals surface area (Å²) in [5.74, 6) is -2.76. The van der Waals surface area contributed by atoms with Crippen LogP contribution in [0.25, 0.3) is 0 Å². The molecule has 0 aliphatic carbocycles. The molecule has 0 saturated heterocycles. The summed E-state index contributed by atoms with van der Waals surface area (Å²) >= 11 is 2.23. The Morgan fingerprint density at radius 2 is 1.90 bits per heavy atom. The van der Waals surface area contributed by atoms with Gasteiger partial charge >= 0.3 is 0 Å². The third-order valence-electron chi connectivity index (χ3n) is 4.61. The molecule has 0 radical (unpaired) electrons. The predicted octanol–water partition coefficient (Wildman–Crippen LogP) is 4.14. The molecule has 154 valence electrons. The van der Waals surface area contributed by atoms with Crippen LogP contribution in [0.15, 0.2) is 46.8 Å². The first-order chi connectivity index (χ1) is 14.4. The number of nitrogens with one attached hydrogen (secondary N) is 1. The van der Waals surface area contributed by atoms with Gasteiger partial charge in [-0.25, -0.2) is 8.78 Å². The smallest absolute Gasteiger partial charge is 0.263 e. The fourth-order valence-electron chi connectivity index (χ4n) is 3.33. The van der Waals surface area contributed by atoms with E-state index in [2.05, 4.69) is 15.5 Å². The van der Waals surface area contributed by atoms with Gasteiger partial charge in [-0.2, -0.15) is 0 Å². The van der Waals surface area contributed by atoms with Crippen molar-refractivity contribution in [2.45, 2.75) is 23.7 Å². The van der Waals surface area contributed by atoms with Crippen molar-refractivity contribution in [3.05, 3.63) is 65.2 Å². The van der Waals surface area contributed by atoms with Crippen LogP contribution in [0.5, 0.6) is 0 Å². The first kappa shape index (κ1) is 20.4. The van der Waals surface area contributed by atoms with Crippen LogP contribution >= 0.6 is 23.1 Å². The van der Waals surface area contributed by atoms with E-state index in [1.807, 2.05) is 31.2 Å². The summed E-state index contributed by atoms with van der Waals surface area (Å²) in [7, 11) is 0. The minimum atomic E-state index is -0.961. The van der Waals surface area contributed by atoms with Crippen molar-refractivity contribution in [3.8, 4) is 0 Å². The molecule has 2 heterocycles. The highest BCUT2D eigenvalue weighted by Gasteiger charge is 2.30. The summed E-state index contributed by atoms with van der Waals surface area (Å²) in [4.78, 5) is 26.7. The number of carbonyl (C=O) groups excluding carboxylic acids is 2. The second-order valence-electron chi connectivity index (χ2n) is 6.66. The van der Waals surface area contributed by atoms with Gasteiger partial charge in [0, 0.05) is 11.7 Å². The number of thioether (sulfide) groups is 1. The molecule has 1 N–H and O–H groups in total. The standard InChI is InChI=1S/C20H16F2N4O2S2/c1-11-9-12-5-2-3-8-15(12)26(11)16(27)10-29-20-25-24-19(30-20)23-18(28)17-13(21)6-4-7-14(17)22/h2-8,11H,9-10H2,1H3,(H,23,24,28)/t11-/m1/s1. The van der Waals surface area contributed by atoms with E-state index in [1.165, 1.54) is 17.8 Å². The Balaban J connectivity index is 1.38. The zero-order chi connectivity index (χ0) is 21.3. The van der Waals surface area contributed by atoms with Crippen molar-refractivity contribution in [1.29, 1.82) is 0 Å². The Morgan fingerprint density at radius 1 is 1.17 bits per heavy atom. The fraction of sp³-hybridized carbons (Fsp3) is 0.200. The Kier molecular flexibility index (Phi) is 5.78. The molecule has 10 heteroatoms. The first-order valence-corrected chi connectivity index (χ1v) is 10.9. The lowest BCUT2D eigenvalue weighted by atomic mass is 10.1. The van der Waals surface area contributed by atoms with Crippen molar-refractivity contribution >= 4 is 45.7 Å². The van der Waals surface area contributed by atoms with Crippen molar-refractivity contribution < 1.29 is 18.4 Å². The number of para-hydroxylation sites is 1. The topological polar surface area (TPSA) is 75.2 Å². The Labute approximate surface area is 179 Å². The van der Waals surface area contributed by atoms with Crippen molar-refractivity contribution in [1.82, 2.24) is 10.2 Å². The Morgan fingerprint density at radius 3 is 2.67 bits per heavy atom. The minimum Gasteiger partial charge on any atom is -0.308 e. The maximum Gasteiger partial charge on any atom is 0.263 e. The van der Waals surface area contributed by atoms with Gasteiger partial charge in [-0.15, -0.1) is 10.2 Å². The molecule has 1 aliphatic rings. The number of halogens is 2. The molecule has 1 aliphatic heterocycles. The molecule has 0 unspecified atom stereocenters. The van der Waals surface area contributed by atoms with Crippen LogP contribution in [0.1, 0.15) is 22.8 Å². The quantitative estimate of drug-likeness (QED) is 0.471. The summed E-state index contributed by atoms with van der Waals surface area (Å²) in [5, 5.41) is 10.2.